The zero-order valence-electron chi connectivity index (χ0n) is 11.3. The third-order valence-electron chi connectivity index (χ3n) is 2.75. The summed E-state index contributed by atoms with van der Waals surface area (Å²) < 4.78 is 0. The number of unbranched alkanes of at least 4 members (excludes halogenated alkanes) is 2. The molecule has 0 saturated carbocycles. The van der Waals surface area contributed by atoms with Gasteiger partial charge in [-0.1, -0.05) is 0 Å². The SMILES string of the molecule is C#CCCCCNc1ccc(C(=O)NC)cc1[N+](=O)[O-]. The van der Waals surface area contributed by atoms with E-state index in [1.807, 2.05) is 0 Å². The van der Waals surface area contributed by atoms with Crippen LogP contribution in [-0.2, 0) is 0 Å². The van der Waals surface area contributed by atoms with Crippen LogP contribution < -0.4 is 10.6 Å². The highest BCUT2D eigenvalue weighted by molar-refractivity contribution is 5.95. The van der Waals surface area contributed by atoms with Gasteiger partial charge in [-0.2, -0.15) is 0 Å². The quantitative estimate of drug-likeness (QED) is 0.346. The van der Waals surface area contributed by atoms with Crippen molar-refractivity contribution in [3.63, 3.8) is 0 Å². The minimum atomic E-state index is -0.504. The second-order valence-corrected chi connectivity index (χ2v) is 4.16. The Hall–Kier alpha value is -2.55. The van der Waals surface area contributed by atoms with Gasteiger partial charge in [0.2, 0.25) is 0 Å². The molecule has 0 spiro atoms. The zero-order chi connectivity index (χ0) is 15.0. The summed E-state index contributed by atoms with van der Waals surface area (Å²) in [6.07, 6.45) is 7.54. The van der Waals surface area contributed by atoms with Crippen LogP contribution in [0.25, 0.3) is 0 Å². The van der Waals surface area contributed by atoms with Gasteiger partial charge in [0.25, 0.3) is 11.6 Å². The number of carbonyl (C=O) groups is 1. The molecule has 0 bridgehead atoms. The fourth-order valence-electron chi connectivity index (χ4n) is 1.69. The number of terminal acetylenes is 1. The lowest BCUT2D eigenvalue weighted by atomic mass is 10.1. The van der Waals surface area contributed by atoms with Crippen molar-refractivity contribution >= 4 is 17.3 Å². The Bertz CT molecular complexity index is 535. The van der Waals surface area contributed by atoms with Gasteiger partial charge in [-0.15, -0.1) is 12.3 Å². The molecular formula is C14H17N3O3. The van der Waals surface area contributed by atoms with Gasteiger partial charge >= 0.3 is 0 Å². The maximum Gasteiger partial charge on any atom is 0.293 e. The van der Waals surface area contributed by atoms with Gasteiger partial charge in [0.05, 0.1) is 4.92 Å². The summed E-state index contributed by atoms with van der Waals surface area (Å²) in [5.41, 5.74) is 0.559. The molecule has 0 radical (unpaired) electrons. The topological polar surface area (TPSA) is 84.3 Å². The molecule has 1 rings (SSSR count). The van der Waals surface area contributed by atoms with E-state index in [1.165, 1.54) is 13.1 Å². The Morgan fingerprint density at radius 2 is 2.20 bits per heavy atom. The third kappa shape index (κ3) is 4.28. The summed E-state index contributed by atoms with van der Waals surface area (Å²) in [5.74, 6) is 2.19. The molecule has 0 fully saturated rings. The van der Waals surface area contributed by atoms with Crippen LogP contribution in [0.5, 0.6) is 0 Å². The minimum Gasteiger partial charge on any atom is -0.379 e. The van der Waals surface area contributed by atoms with Crippen LogP contribution in [0, 0.1) is 22.5 Å². The highest BCUT2D eigenvalue weighted by Gasteiger charge is 2.16. The number of nitrogens with zero attached hydrogens (tertiary/aromatic N) is 1. The molecule has 6 nitrogen and oxygen atoms in total. The van der Waals surface area contributed by atoms with E-state index >= 15 is 0 Å². The normalized spacial score (nSPS) is 9.60. The van der Waals surface area contributed by atoms with E-state index in [-0.39, 0.29) is 17.2 Å². The predicted molar refractivity (Wildman–Crippen MR) is 77.7 cm³/mol. The Labute approximate surface area is 117 Å². The highest BCUT2D eigenvalue weighted by atomic mass is 16.6. The third-order valence-corrected chi connectivity index (χ3v) is 2.75. The number of hydrogen-bond acceptors (Lipinski definition) is 4. The Morgan fingerprint density at radius 1 is 1.45 bits per heavy atom. The van der Waals surface area contributed by atoms with Crippen LogP contribution in [-0.4, -0.2) is 24.4 Å². The van der Waals surface area contributed by atoms with Crippen molar-refractivity contribution in [3.05, 3.63) is 33.9 Å². The van der Waals surface area contributed by atoms with Gasteiger partial charge in [-0.25, -0.2) is 0 Å². The molecule has 0 aliphatic heterocycles. The average Bonchev–Trinajstić information content (AvgIpc) is 2.46. The number of nitrogens with one attached hydrogen (secondary N) is 2. The number of anilines is 1. The van der Waals surface area contributed by atoms with Gasteiger partial charge < -0.3 is 10.6 Å². The average molecular weight is 275 g/mol. The van der Waals surface area contributed by atoms with Crippen LogP contribution in [0.1, 0.15) is 29.6 Å². The molecule has 0 saturated heterocycles. The molecule has 20 heavy (non-hydrogen) atoms. The standard InChI is InChI=1S/C14H17N3O3/c1-3-4-5-6-9-16-12-8-7-11(14(18)15-2)10-13(12)17(19)20/h1,7-8,10,16H,4-6,9H2,2H3,(H,15,18). The molecule has 1 aromatic carbocycles. The van der Waals surface area contributed by atoms with Crippen molar-refractivity contribution in [1.29, 1.82) is 0 Å². The number of nitro groups is 1. The maximum atomic E-state index is 11.5. The van der Waals surface area contributed by atoms with E-state index in [9.17, 15) is 14.9 Å². The van der Waals surface area contributed by atoms with Crippen molar-refractivity contribution in [3.8, 4) is 12.3 Å². The van der Waals surface area contributed by atoms with Crippen molar-refractivity contribution in [2.75, 3.05) is 18.9 Å². The fraction of sp³-hybridized carbons (Fsp3) is 0.357. The maximum absolute atomic E-state index is 11.5. The molecule has 0 atom stereocenters. The van der Waals surface area contributed by atoms with E-state index in [2.05, 4.69) is 16.6 Å². The minimum absolute atomic E-state index is 0.108. The Morgan fingerprint density at radius 3 is 2.80 bits per heavy atom. The lowest BCUT2D eigenvalue weighted by molar-refractivity contribution is -0.384. The highest BCUT2D eigenvalue weighted by Crippen LogP contribution is 2.25. The molecule has 2 N–H and O–H groups in total. The van der Waals surface area contributed by atoms with E-state index < -0.39 is 4.92 Å². The molecular weight excluding hydrogens is 258 g/mol. The van der Waals surface area contributed by atoms with Crippen molar-refractivity contribution in [2.24, 2.45) is 0 Å². The fourth-order valence-corrected chi connectivity index (χ4v) is 1.69. The molecule has 1 amide bonds. The summed E-state index contributed by atoms with van der Waals surface area (Å²) >= 11 is 0. The molecule has 6 heteroatoms. The number of hydrogen-bond donors (Lipinski definition) is 2. The zero-order valence-corrected chi connectivity index (χ0v) is 11.3. The van der Waals surface area contributed by atoms with E-state index in [4.69, 9.17) is 6.42 Å². The van der Waals surface area contributed by atoms with Crippen molar-refractivity contribution in [1.82, 2.24) is 5.32 Å². The molecule has 0 aromatic heterocycles. The van der Waals surface area contributed by atoms with Crippen LogP contribution in [0.15, 0.2) is 18.2 Å². The van der Waals surface area contributed by atoms with Crippen LogP contribution in [0.2, 0.25) is 0 Å². The van der Waals surface area contributed by atoms with Gasteiger partial charge in [-0.05, 0) is 25.0 Å². The van der Waals surface area contributed by atoms with Gasteiger partial charge in [0.15, 0.2) is 0 Å². The summed E-state index contributed by atoms with van der Waals surface area (Å²) in [6.45, 7) is 0.599. The van der Waals surface area contributed by atoms with Gasteiger partial charge in [0, 0.05) is 31.6 Å². The summed E-state index contributed by atoms with van der Waals surface area (Å²) in [7, 11) is 1.48. The van der Waals surface area contributed by atoms with Gasteiger partial charge in [-0.3, -0.25) is 14.9 Å². The second-order valence-electron chi connectivity index (χ2n) is 4.16. The Balaban J connectivity index is 2.78. The largest absolute Gasteiger partial charge is 0.379 e. The number of benzene rings is 1. The van der Waals surface area contributed by atoms with E-state index in [0.717, 1.165) is 12.8 Å². The number of rotatable bonds is 7. The molecule has 0 unspecified atom stereocenters. The first-order valence-corrected chi connectivity index (χ1v) is 6.28. The summed E-state index contributed by atoms with van der Waals surface area (Å²) in [5, 5.41) is 16.5. The van der Waals surface area contributed by atoms with Crippen molar-refractivity contribution < 1.29 is 9.72 Å². The van der Waals surface area contributed by atoms with Crippen LogP contribution >= 0.6 is 0 Å². The number of amides is 1. The lowest BCUT2D eigenvalue weighted by Crippen LogP contribution is -2.18. The monoisotopic (exact) mass is 275 g/mol. The lowest BCUT2D eigenvalue weighted by Gasteiger charge is -2.08. The first-order chi connectivity index (χ1) is 9.60. The first-order valence-electron chi connectivity index (χ1n) is 6.28. The smallest absolute Gasteiger partial charge is 0.293 e. The molecule has 0 aliphatic carbocycles. The van der Waals surface area contributed by atoms with Crippen LogP contribution in [0.3, 0.4) is 0 Å². The predicted octanol–water partition coefficient (Wildman–Crippen LogP) is 2.17. The van der Waals surface area contributed by atoms with Gasteiger partial charge in [0.1, 0.15) is 5.69 Å². The van der Waals surface area contributed by atoms with E-state index in [0.29, 0.717) is 18.7 Å². The van der Waals surface area contributed by atoms with Crippen molar-refractivity contribution in [2.45, 2.75) is 19.3 Å². The number of carbonyl (C=O) groups excluding carboxylic acids is 1. The van der Waals surface area contributed by atoms with E-state index in [1.54, 1.807) is 12.1 Å². The number of nitro benzene ring substituents is 1. The Kier molecular flexibility index (Phi) is 6.04. The summed E-state index contributed by atoms with van der Waals surface area (Å²) in [4.78, 5) is 22.0. The summed E-state index contributed by atoms with van der Waals surface area (Å²) in [6, 6.07) is 4.36. The second kappa shape index (κ2) is 7.79. The first kappa shape index (κ1) is 15.5. The molecule has 1 aromatic rings. The molecule has 0 aliphatic rings. The van der Waals surface area contributed by atoms with Crippen LogP contribution in [0.4, 0.5) is 11.4 Å². The molecule has 0 heterocycles. The molecule has 106 valence electrons.